The van der Waals surface area contributed by atoms with E-state index in [0.717, 1.165) is 37.1 Å². The molecule has 0 aliphatic heterocycles. The molecule has 9 heteroatoms. The minimum Gasteiger partial charge on any atom is -0.444 e. The van der Waals surface area contributed by atoms with Crippen molar-refractivity contribution in [3.8, 4) is 10.8 Å². The van der Waals surface area contributed by atoms with Crippen LogP contribution in [0.15, 0.2) is 28.3 Å². The molecule has 130 valence electrons. The van der Waals surface area contributed by atoms with Gasteiger partial charge < -0.3 is 4.42 Å². The summed E-state index contributed by atoms with van der Waals surface area (Å²) in [4.78, 5) is 16.9. The van der Waals surface area contributed by atoms with Crippen molar-refractivity contribution >= 4 is 21.2 Å². The Labute approximate surface area is 149 Å². The van der Waals surface area contributed by atoms with E-state index in [-0.39, 0.29) is 17.4 Å². The number of rotatable bonds is 5. The summed E-state index contributed by atoms with van der Waals surface area (Å²) in [6.45, 7) is 0. The number of thiazole rings is 1. The number of aryl methyl sites for hydroxylation is 2. The van der Waals surface area contributed by atoms with Gasteiger partial charge in [-0.25, -0.2) is 28.4 Å². The van der Waals surface area contributed by atoms with Crippen molar-refractivity contribution in [3.63, 3.8) is 0 Å². The molecule has 7 nitrogen and oxygen atoms in total. The molecule has 1 aliphatic carbocycles. The fraction of sp³-hybridized carbons (Fsp3) is 0.375. The molecule has 0 unspecified atom stereocenters. The molecule has 0 N–H and O–H groups in total. The Balaban J connectivity index is 1.48. The lowest BCUT2D eigenvalue weighted by atomic mass is 10.0. The molecule has 25 heavy (non-hydrogen) atoms. The van der Waals surface area contributed by atoms with Crippen LogP contribution in [-0.4, -0.2) is 28.4 Å². The molecule has 0 aromatic carbocycles. The molecule has 0 saturated heterocycles. The Morgan fingerprint density at radius 3 is 2.68 bits per heavy atom. The Kier molecular flexibility index (Phi) is 4.34. The SMILES string of the molecule is O=S(=O)(Cc1csc(-c2ncccn2)n1)Cc1nc2c(o1)CCCC2. The molecule has 1 aliphatic rings. The van der Waals surface area contributed by atoms with Gasteiger partial charge in [-0.05, 0) is 25.3 Å². The van der Waals surface area contributed by atoms with Crippen LogP contribution in [0.4, 0.5) is 0 Å². The number of oxazole rings is 1. The monoisotopic (exact) mass is 376 g/mol. The van der Waals surface area contributed by atoms with E-state index in [0.29, 0.717) is 16.5 Å². The molecule has 0 radical (unpaired) electrons. The van der Waals surface area contributed by atoms with Crippen LogP contribution in [0.1, 0.15) is 35.9 Å². The van der Waals surface area contributed by atoms with Crippen LogP contribution in [0.2, 0.25) is 0 Å². The molecule has 0 saturated carbocycles. The lowest BCUT2D eigenvalue weighted by molar-refractivity contribution is 0.449. The molecular weight excluding hydrogens is 360 g/mol. The zero-order valence-electron chi connectivity index (χ0n) is 13.4. The predicted molar refractivity (Wildman–Crippen MR) is 92.6 cm³/mol. The highest BCUT2D eigenvalue weighted by atomic mass is 32.2. The summed E-state index contributed by atoms with van der Waals surface area (Å²) in [5.41, 5.74) is 1.40. The summed E-state index contributed by atoms with van der Waals surface area (Å²) in [5.74, 6) is 1.27. The largest absolute Gasteiger partial charge is 0.444 e. The summed E-state index contributed by atoms with van der Waals surface area (Å²) >= 11 is 1.33. The Morgan fingerprint density at radius 2 is 1.88 bits per heavy atom. The quantitative estimate of drug-likeness (QED) is 0.675. The van der Waals surface area contributed by atoms with Crippen LogP contribution in [-0.2, 0) is 34.2 Å². The smallest absolute Gasteiger partial charge is 0.209 e. The fourth-order valence-electron chi connectivity index (χ4n) is 2.82. The second-order valence-electron chi connectivity index (χ2n) is 5.93. The normalized spacial score (nSPS) is 14.4. The third-order valence-corrected chi connectivity index (χ3v) is 6.22. The van der Waals surface area contributed by atoms with Gasteiger partial charge in [-0.2, -0.15) is 0 Å². The molecule has 0 amide bonds. The Morgan fingerprint density at radius 1 is 1.08 bits per heavy atom. The summed E-state index contributed by atoms with van der Waals surface area (Å²) in [7, 11) is -3.41. The van der Waals surface area contributed by atoms with Gasteiger partial charge in [0.05, 0.1) is 17.1 Å². The minimum atomic E-state index is -3.41. The van der Waals surface area contributed by atoms with E-state index < -0.39 is 9.84 Å². The second-order valence-corrected chi connectivity index (χ2v) is 8.86. The van der Waals surface area contributed by atoms with Gasteiger partial charge in [0, 0.05) is 24.2 Å². The number of fused-ring (bicyclic) bond motifs is 1. The zero-order valence-corrected chi connectivity index (χ0v) is 15.0. The van der Waals surface area contributed by atoms with Crippen molar-refractivity contribution in [2.45, 2.75) is 37.2 Å². The van der Waals surface area contributed by atoms with Crippen molar-refractivity contribution in [1.29, 1.82) is 0 Å². The molecule has 0 bridgehead atoms. The van der Waals surface area contributed by atoms with E-state index in [4.69, 9.17) is 4.42 Å². The maximum absolute atomic E-state index is 12.5. The highest BCUT2D eigenvalue weighted by molar-refractivity contribution is 7.89. The minimum absolute atomic E-state index is 0.149. The average molecular weight is 376 g/mol. The molecule has 3 aromatic heterocycles. The van der Waals surface area contributed by atoms with Gasteiger partial charge in [-0.3, -0.25) is 0 Å². The van der Waals surface area contributed by atoms with Gasteiger partial charge in [0.25, 0.3) is 0 Å². The topological polar surface area (TPSA) is 98.8 Å². The Bertz CT molecular complexity index is 956. The van der Waals surface area contributed by atoms with Crippen molar-refractivity contribution in [2.75, 3.05) is 0 Å². The van der Waals surface area contributed by atoms with Gasteiger partial charge in [0.1, 0.15) is 11.5 Å². The fourth-order valence-corrected chi connectivity index (χ4v) is 4.89. The first kappa shape index (κ1) is 16.3. The highest BCUT2D eigenvalue weighted by Gasteiger charge is 2.22. The van der Waals surface area contributed by atoms with Gasteiger partial charge in [-0.15, -0.1) is 11.3 Å². The lowest BCUT2D eigenvalue weighted by Gasteiger charge is -2.05. The molecule has 0 fully saturated rings. The first-order valence-corrected chi connectivity index (χ1v) is 10.7. The van der Waals surface area contributed by atoms with Crippen molar-refractivity contribution in [3.05, 3.63) is 46.9 Å². The van der Waals surface area contributed by atoms with Gasteiger partial charge in [0.15, 0.2) is 20.7 Å². The summed E-state index contributed by atoms with van der Waals surface area (Å²) in [5, 5.41) is 2.33. The van der Waals surface area contributed by atoms with Crippen molar-refractivity contribution in [1.82, 2.24) is 19.9 Å². The van der Waals surface area contributed by atoms with Crippen molar-refractivity contribution in [2.24, 2.45) is 0 Å². The predicted octanol–water partition coefficient (Wildman–Crippen LogP) is 2.58. The van der Waals surface area contributed by atoms with Crippen LogP contribution in [0.25, 0.3) is 10.8 Å². The maximum Gasteiger partial charge on any atom is 0.209 e. The van der Waals surface area contributed by atoms with E-state index in [1.165, 1.54) is 11.3 Å². The molecule has 4 rings (SSSR count). The van der Waals surface area contributed by atoms with Crippen molar-refractivity contribution < 1.29 is 12.8 Å². The highest BCUT2D eigenvalue weighted by Crippen LogP contribution is 2.24. The first-order valence-electron chi connectivity index (χ1n) is 7.99. The second kappa shape index (κ2) is 6.64. The lowest BCUT2D eigenvalue weighted by Crippen LogP contribution is -2.08. The number of hydrogen-bond acceptors (Lipinski definition) is 8. The van der Waals surface area contributed by atoms with E-state index in [9.17, 15) is 8.42 Å². The molecular formula is C16H16N4O3S2. The number of aromatic nitrogens is 4. The van der Waals surface area contributed by atoms with E-state index in [2.05, 4.69) is 19.9 Å². The van der Waals surface area contributed by atoms with Crippen LogP contribution in [0, 0.1) is 0 Å². The van der Waals surface area contributed by atoms with Gasteiger partial charge in [0.2, 0.25) is 5.89 Å². The summed E-state index contributed by atoms with van der Waals surface area (Å²) < 4.78 is 30.5. The molecule has 0 spiro atoms. The Hall–Kier alpha value is -2.13. The standard InChI is InChI=1S/C16H16N4O3S2/c21-25(22,10-14-20-12-4-1-2-5-13(12)23-14)9-11-8-24-16(19-11)15-17-6-3-7-18-15/h3,6-8H,1-2,4-5,9-10H2. The molecule has 3 heterocycles. The van der Waals surface area contributed by atoms with E-state index in [1.807, 2.05) is 0 Å². The molecule has 3 aromatic rings. The van der Waals surface area contributed by atoms with Gasteiger partial charge >= 0.3 is 0 Å². The third-order valence-electron chi connectivity index (χ3n) is 3.91. The van der Waals surface area contributed by atoms with Crippen LogP contribution in [0.3, 0.4) is 0 Å². The van der Waals surface area contributed by atoms with Crippen LogP contribution < -0.4 is 0 Å². The number of nitrogens with zero attached hydrogens (tertiary/aromatic N) is 4. The summed E-state index contributed by atoms with van der Waals surface area (Å²) in [6.07, 6.45) is 7.11. The van der Waals surface area contributed by atoms with E-state index in [1.54, 1.807) is 23.8 Å². The third kappa shape index (κ3) is 3.77. The van der Waals surface area contributed by atoms with Crippen LogP contribution in [0.5, 0.6) is 0 Å². The van der Waals surface area contributed by atoms with Crippen LogP contribution >= 0.6 is 11.3 Å². The van der Waals surface area contributed by atoms with E-state index >= 15 is 0 Å². The zero-order chi connectivity index (χ0) is 17.3. The summed E-state index contributed by atoms with van der Waals surface area (Å²) in [6, 6.07) is 1.72. The number of sulfone groups is 1. The number of hydrogen-bond donors (Lipinski definition) is 0. The molecule has 0 atom stereocenters. The van der Waals surface area contributed by atoms with Gasteiger partial charge in [-0.1, -0.05) is 0 Å². The average Bonchev–Trinajstić information content (AvgIpc) is 3.20. The first-order chi connectivity index (χ1) is 12.1. The maximum atomic E-state index is 12.5.